The van der Waals surface area contributed by atoms with E-state index in [2.05, 4.69) is 10.3 Å². The Morgan fingerprint density at radius 3 is 3.05 bits per heavy atom. The lowest BCUT2D eigenvalue weighted by Gasteiger charge is -2.31. The normalized spacial score (nSPS) is 18.2. The van der Waals surface area contributed by atoms with Crippen LogP contribution in [0.25, 0.3) is 0 Å². The third-order valence-electron chi connectivity index (χ3n) is 3.57. The van der Waals surface area contributed by atoms with E-state index in [9.17, 15) is 9.59 Å². The van der Waals surface area contributed by atoms with E-state index in [4.69, 9.17) is 4.74 Å². The van der Waals surface area contributed by atoms with Crippen LogP contribution in [0.5, 0.6) is 0 Å². The lowest BCUT2D eigenvalue weighted by Crippen LogP contribution is -2.44. The molecule has 1 fully saturated rings. The van der Waals surface area contributed by atoms with Crippen molar-refractivity contribution in [3.05, 3.63) is 23.9 Å². The lowest BCUT2D eigenvalue weighted by molar-refractivity contribution is -0.121. The average Bonchev–Trinajstić information content (AvgIpc) is 2.50. The van der Waals surface area contributed by atoms with E-state index in [-0.39, 0.29) is 17.9 Å². The van der Waals surface area contributed by atoms with Crippen LogP contribution in [0.15, 0.2) is 18.3 Å². The van der Waals surface area contributed by atoms with Crippen molar-refractivity contribution < 1.29 is 14.3 Å². The molecule has 0 bridgehead atoms. The molecule has 114 valence electrons. The third kappa shape index (κ3) is 3.93. The Kier molecular flexibility index (Phi) is 5.14. The van der Waals surface area contributed by atoms with Gasteiger partial charge >= 0.3 is 6.09 Å². The number of rotatable bonds is 3. The van der Waals surface area contributed by atoms with Crippen LogP contribution in [-0.4, -0.2) is 41.6 Å². The van der Waals surface area contributed by atoms with Gasteiger partial charge < -0.3 is 15.0 Å². The van der Waals surface area contributed by atoms with Crippen molar-refractivity contribution >= 4 is 17.8 Å². The van der Waals surface area contributed by atoms with E-state index >= 15 is 0 Å². The molecule has 1 aliphatic rings. The van der Waals surface area contributed by atoms with Gasteiger partial charge in [0.15, 0.2) is 0 Å². The predicted molar refractivity (Wildman–Crippen MR) is 78.9 cm³/mol. The fourth-order valence-electron chi connectivity index (χ4n) is 2.41. The van der Waals surface area contributed by atoms with Gasteiger partial charge in [-0.15, -0.1) is 0 Å². The molecule has 0 spiro atoms. The van der Waals surface area contributed by atoms with Crippen LogP contribution in [0.2, 0.25) is 0 Å². The summed E-state index contributed by atoms with van der Waals surface area (Å²) in [6.07, 6.45) is 2.88. The molecule has 6 nitrogen and oxygen atoms in total. The highest BCUT2D eigenvalue weighted by molar-refractivity contribution is 5.92. The zero-order valence-corrected chi connectivity index (χ0v) is 12.5. The van der Waals surface area contributed by atoms with Gasteiger partial charge in [0.05, 0.1) is 12.5 Å². The first-order valence-corrected chi connectivity index (χ1v) is 7.26. The van der Waals surface area contributed by atoms with Gasteiger partial charge in [0.2, 0.25) is 5.91 Å². The number of carbonyl (C=O) groups excluding carboxylic acids is 2. The van der Waals surface area contributed by atoms with Gasteiger partial charge in [-0.2, -0.15) is 0 Å². The number of hydrogen-bond acceptors (Lipinski definition) is 4. The van der Waals surface area contributed by atoms with Gasteiger partial charge in [-0.1, -0.05) is 6.07 Å². The largest absolute Gasteiger partial charge is 0.450 e. The topological polar surface area (TPSA) is 71.5 Å². The summed E-state index contributed by atoms with van der Waals surface area (Å²) in [5.41, 5.74) is 0.920. The number of likely N-dealkylation sites (tertiary alicyclic amines) is 1. The first-order chi connectivity index (χ1) is 10.1. The van der Waals surface area contributed by atoms with Gasteiger partial charge in [0, 0.05) is 19.3 Å². The molecule has 1 N–H and O–H groups in total. The molecule has 1 saturated heterocycles. The third-order valence-corrected chi connectivity index (χ3v) is 3.57. The number of aromatic nitrogens is 1. The van der Waals surface area contributed by atoms with Gasteiger partial charge in [0.25, 0.3) is 0 Å². The number of nitrogens with one attached hydrogen (secondary N) is 1. The fraction of sp³-hybridized carbons (Fsp3) is 0.533. The van der Waals surface area contributed by atoms with E-state index < -0.39 is 0 Å². The van der Waals surface area contributed by atoms with Crippen molar-refractivity contribution in [3.63, 3.8) is 0 Å². The van der Waals surface area contributed by atoms with Crippen molar-refractivity contribution in [1.82, 2.24) is 9.88 Å². The highest BCUT2D eigenvalue weighted by Gasteiger charge is 2.29. The highest BCUT2D eigenvalue weighted by atomic mass is 16.6. The molecule has 1 unspecified atom stereocenters. The van der Waals surface area contributed by atoms with Crippen LogP contribution in [0.4, 0.5) is 10.6 Å². The minimum Gasteiger partial charge on any atom is -0.450 e. The maximum Gasteiger partial charge on any atom is 0.409 e. The first-order valence-electron chi connectivity index (χ1n) is 7.26. The van der Waals surface area contributed by atoms with Crippen molar-refractivity contribution in [2.75, 3.05) is 25.0 Å². The molecule has 2 heterocycles. The Balaban J connectivity index is 1.96. The predicted octanol–water partition coefficient (Wildman–Crippen LogP) is 2.20. The Bertz CT molecular complexity index is 519. The minimum atomic E-state index is -0.344. The Hall–Kier alpha value is -2.11. The number of ether oxygens (including phenoxy) is 1. The molecular weight excluding hydrogens is 270 g/mol. The molecule has 0 saturated carbocycles. The van der Waals surface area contributed by atoms with Gasteiger partial charge in [0.1, 0.15) is 5.82 Å². The van der Waals surface area contributed by atoms with Crippen LogP contribution in [-0.2, 0) is 9.53 Å². The fourth-order valence-corrected chi connectivity index (χ4v) is 2.41. The summed E-state index contributed by atoms with van der Waals surface area (Å²) in [5, 5.41) is 2.84. The molecule has 0 aromatic carbocycles. The van der Waals surface area contributed by atoms with E-state index in [0.29, 0.717) is 25.5 Å². The molecule has 1 aromatic heterocycles. The quantitative estimate of drug-likeness (QED) is 0.926. The van der Waals surface area contributed by atoms with E-state index in [1.807, 2.05) is 19.1 Å². The summed E-state index contributed by atoms with van der Waals surface area (Å²) in [6.45, 7) is 5.06. The number of amides is 2. The standard InChI is InChI=1S/C15H21N3O3/c1-3-21-15(20)18-9-5-7-12(10-18)14(19)17-13-11(2)6-4-8-16-13/h4,6,8,12H,3,5,7,9-10H2,1-2H3,(H,16,17,19). The summed E-state index contributed by atoms with van der Waals surface area (Å²) in [5.74, 6) is 0.270. The first kappa shape index (κ1) is 15.3. The van der Waals surface area contributed by atoms with Crippen molar-refractivity contribution in [3.8, 4) is 0 Å². The monoisotopic (exact) mass is 291 g/mol. The average molecular weight is 291 g/mol. The molecule has 1 atom stereocenters. The maximum atomic E-state index is 12.3. The second-order valence-electron chi connectivity index (χ2n) is 5.14. The molecule has 0 radical (unpaired) electrons. The van der Waals surface area contributed by atoms with Gasteiger partial charge in [-0.05, 0) is 38.3 Å². The maximum absolute atomic E-state index is 12.3. The summed E-state index contributed by atoms with van der Waals surface area (Å²) >= 11 is 0. The summed E-state index contributed by atoms with van der Waals surface area (Å²) in [6, 6.07) is 3.72. The smallest absolute Gasteiger partial charge is 0.409 e. The van der Waals surface area contributed by atoms with Crippen LogP contribution in [0.1, 0.15) is 25.3 Å². The van der Waals surface area contributed by atoms with Crippen molar-refractivity contribution in [2.24, 2.45) is 5.92 Å². The van der Waals surface area contributed by atoms with E-state index in [0.717, 1.165) is 18.4 Å². The van der Waals surface area contributed by atoms with Crippen molar-refractivity contribution in [2.45, 2.75) is 26.7 Å². The number of anilines is 1. The SMILES string of the molecule is CCOC(=O)N1CCCC(C(=O)Nc2ncccc2C)C1. The Labute approximate surface area is 124 Å². The van der Waals surface area contributed by atoms with Crippen LogP contribution < -0.4 is 5.32 Å². The zero-order chi connectivity index (χ0) is 15.2. The van der Waals surface area contributed by atoms with E-state index in [1.54, 1.807) is 18.0 Å². The zero-order valence-electron chi connectivity index (χ0n) is 12.5. The Morgan fingerprint density at radius 2 is 2.33 bits per heavy atom. The van der Waals surface area contributed by atoms with Crippen molar-refractivity contribution in [1.29, 1.82) is 0 Å². The lowest BCUT2D eigenvalue weighted by atomic mass is 9.97. The summed E-state index contributed by atoms with van der Waals surface area (Å²) < 4.78 is 4.99. The number of aryl methyl sites for hydroxylation is 1. The number of carbonyl (C=O) groups is 2. The van der Waals surface area contributed by atoms with Crippen LogP contribution in [0.3, 0.4) is 0 Å². The summed E-state index contributed by atoms with van der Waals surface area (Å²) in [4.78, 5) is 29.8. The number of nitrogens with zero attached hydrogens (tertiary/aromatic N) is 2. The summed E-state index contributed by atoms with van der Waals surface area (Å²) in [7, 11) is 0. The minimum absolute atomic E-state index is 0.0919. The van der Waals surface area contributed by atoms with Crippen LogP contribution in [0, 0.1) is 12.8 Å². The number of hydrogen-bond donors (Lipinski definition) is 1. The molecule has 2 amide bonds. The molecule has 0 aliphatic carbocycles. The van der Waals surface area contributed by atoms with Gasteiger partial charge in [-0.25, -0.2) is 9.78 Å². The van der Waals surface area contributed by atoms with E-state index in [1.165, 1.54) is 0 Å². The molecule has 6 heteroatoms. The number of pyridine rings is 1. The molecule has 1 aromatic rings. The second-order valence-corrected chi connectivity index (χ2v) is 5.14. The molecular formula is C15H21N3O3. The highest BCUT2D eigenvalue weighted by Crippen LogP contribution is 2.19. The van der Waals surface area contributed by atoms with Gasteiger partial charge in [-0.3, -0.25) is 4.79 Å². The second kappa shape index (κ2) is 7.06. The van der Waals surface area contributed by atoms with Crippen LogP contribution >= 0.6 is 0 Å². The number of piperidine rings is 1. The molecule has 21 heavy (non-hydrogen) atoms. The Morgan fingerprint density at radius 1 is 1.52 bits per heavy atom. The molecule has 1 aliphatic heterocycles. The molecule has 2 rings (SSSR count).